The third-order valence-corrected chi connectivity index (χ3v) is 5.53. The van der Waals surface area contributed by atoms with Gasteiger partial charge < -0.3 is 9.47 Å². The van der Waals surface area contributed by atoms with Crippen LogP contribution < -0.4 is 10.3 Å². The quantitative estimate of drug-likeness (QED) is 0.365. The van der Waals surface area contributed by atoms with Gasteiger partial charge in [0.1, 0.15) is 0 Å². The lowest BCUT2D eigenvalue weighted by molar-refractivity contribution is -0.137. The molecule has 1 heterocycles. The Labute approximate surface area is 191 Å². The molecular weight excluding hydrogens is 429 g/mol. The molecular formula is C25H27F3N4O. The second-order valence-corrected chi connectivity index (χ2v) is 7.63. The summed E-state index contributed by atoms with van der Waals surface area (Å²) in [6.07, 6.45) is -2.92. The summed E-state index contributed by atoms with van der Waals surface area (Å²) in [7, 11) is 0. The molecule has 1 N–H and O–H groups in total. The maximum Gasteiger partial charge on any atom is 0.416 e. The maximum absolute atomic E-state index is 13.1. The monoisotopic (exact) mass is 456 g/mol. The van der Waals surface area contributed by atoms with Crippen LogP contribution in [0, 0.1) is 13.8 Å². The van der Waals surface area contributed by atoms with Crippen LogP contribution in [-0.2, 0) is 6.18 Å². The van der Waals surface area contributed by atoms with E-state index < -0.39 is 11.7 Å². The first-order valence-electron chi connectivity index (χ1n) is 10.7. The summed E-state index contributed by atoms with van der Waals surface area (Å²) in [5, 5.41) is 4.05. The van der Waals surface area contributed by atoms with E-state index in [1.165, 1.54) is 12.3 Å². The van der Waals surface area contributed by atoms with Crippen LogP contribution in [0.1, 0.15) is 46.7 Å². The van der Waals surface area contributed by atoms with Gasteiger partial charge in [-0.05, 0) is 76.2 Å². The lowest BCUT2D eigenvalue weighted by atomic mass is 10.2. The number of carbonyl (C=O) groups excluding carboxylic acids is 1. The third kappa shape index (κ3) is 5.45. The average Bonchev–Trinajstić information content (AvgIpc) is 3.07. The Bertz CT molecular complexity index is 1140. The van der Waals surface area contributed by atoms with Crippen molar-refractivity contribution < 1.29 is 18.0 Å². The number of hydrogen-bond donors (Lipinski definition) is 1. The van der Waals surface area contributed by atoms with E-state index in [0.29, 0.717) is 22.5 Å². The molecule has 174 valence electrons. The van der Waals surface area contributed by atoms with Gasteiger partial charge in [0.05, 0.1) is 11.8 Å². The lowest BCUT2D eigenvalue weighted by Gasteiger charge is -2.20. The third-order valence-electron chi connectivity index (χ3n) is 5.53. The Morgan fingerprint density at radius 2 is 1.73 bits per heavy atom. The van der Waals surface area contributed by atoms with Crippen LogP contribution in [0.5, 0.6) is 0 Å². The van der Waals surface area contributed by atoms with E-state index in [2.05, 4.69) is 29.3 Å². The number of carbonyl (C=O) groups is 1. The first-order chi connectivity index (χ1) is 15.7. The van der Waals surface area contributed by atoms with Crippen LogP contribution >= 0.6 is 0 Å². The molecule has 1 aromatic heterocycles. The molecule has 3 rings (SSSR count). The number of amides is 1. The fraction of sp³-hybridized carbons (Fsp3) is 0.280. The van der Waals surface area contributed by atoms with Gasteiger partial charge in [0.2, 0.25) is 0 Å². The van der Waals surface area contributed by atoms with Crippen molar-refractivity contribution in [1.29, 1.82) is 0 Å². The zero-order chi connectivity index (χ0) is 24.2. The maximum atomic E-state index is 13.1. The molecule has 0 spiro atoms. The van der Waals surface area contributed by atoms with Crippen molar-refractivity contribution in [1.82, 2.24) is 9.99 Å². The van der Waals surface area contributed by atoms with Crippen LogP contribution in [0.15, 0.2) is 59.7 Å². The number of benzene rings is 2. The average molecular weight is 457 g/mol. The van der Waals surface area contributed by atoms with Crippen LogP contribution in [0.4, 0.5) is 18.9 Å². The van der Waals surface area contributed by atoms with E-state index in [1.54, 1.807) is 36.6 Å². The lowest BCUT2D eigenvalue weighted by Crippen LogP contribution is -2.22. The van der Waals surface area contributed by atoms with Gasteiger partial charge in [-0.3, -0.25) is 4.79 Å². The summed E-state index contributed by atoms with van der Waals surface area (Å²) < 4.78 is 41.0. The van der Waals surface area contributed by atoms with Crippen LogP contribution in [0.25, 0.3) is 5.69 Å². The van der Waals surface area contributed by atoms with Crippen LogP contribution in [-0.4, -0.2) is 29.8 Å². The molecule has 0 radical (unpaired) electrons. The number of hydrazone groups is 1. The first kappa shape index (κ1) is 24.1. The summed E-state index contributed by atoms with van der Waals surface area (Å²) >= 11 is 0. The highest BCUT2D eigenvalue weighted by molar-refractivity contribution is 5.95. The fourth-order valence-electron chi connectivity index (χ4n) is 3.77. The zero-order valence-corrected chi connectivity index (χ0v) is 19.1. The molecule has 3 aromatic rings. The smallest absolute Gasteiger partial charge is 0.372 e. The van der Waals surface area contributed by atoms with Crippen LogP contribution in [0.3, 0.4) is 0 Å². The number of hydrogen-bond acceptors (Lipinski definition) is 3. The van der Waals surface area contributed by atoms with Crippen molar-refractivity contribution in [2.45, 2.75) is 33.9 Å². The Morgan fingerprint density at radius 1 is 1.06 bits per heavy atom. The molecule has 5 nitrogen and oxygen atoms in total. The molecule has 0 unspecified atom stereocenters. The molecule has 0 aliphatic heterocycles. The topological polar surface area (TPSA) is 49.6 Å². The molecule has 0 bridgehead atoms. The summed E-state index contributed by atoms with van der Waals surface area (Å²) in [4.78, 5) is 14.6. The molecule has 1 amide bonds. The van der Waals surface area contributed by atoms with Crippen molar-refractivity contribution >= 4 is 17.8 Å². The number of rotatable bonds is 7. The van der Waals surface area contributed by atoms with Gasteiger partial charge in [-0.15, -0.1) is 0 Å². The number of nitrogens with zero attached hydrogens (tertiary/aromatic N) is 3. The highest BCUT2D eigenvalue weighted by Crippen LogP contribution is 2.31. The Morgan fingerprint density at radius 3 is 2.33 bits per heavy atom. The molecule has 33 heavy (non-hydrogen) atoms. The van der Waals surface area contributed by atoms with E-state index in [1.807, 2.05) is 18.2 Å². The number of halogens is 3. The van der Waals surface area contributed by atoms with Crippen molar-refractivity contribution in [3.8, 4) is 5.69 Å². The number of alkyl halides is 3. The van der Waals surface area contributed by atoms with Crippen molar-refractivity contribution in [3.63, 3.8) is 0 Å². The number of aromatic nitrogens is 1. The normalized spacial score (nSPS) is 11.7. The molecule has 2 aromatic carbocycles. The van der Waals surface area contributed by atoms with E-state index >= 15 is 0 Å². The number of anilines is 1. The van der Waals surface area contributed by atoms with Crippen molar-refractivity contribution in [3.05, 3.63) is 82.7 Å². The van der Waals surface area contributed by atoms with E-state index in [4.69, 9.17) is 0 Å². The van der Waals surface area contributed by atoms with Crippen molar-refractivity contribution in [2.75, 3.05) is 18.0 Å². The molecule has 0 saturated carbocycles. The Balaban J connectivity index is 1.75. The van der Waals surface area contributed by atoms with Gasteiger partial charge in [-0.1, -0.05) is 6.07 Å². The first-order valence-corrected chi connectivity index (χ1v) is 10.7. The summed E-state index contributed by atoms with van der Waals surface area (Å²) in [6.45, 7) is 9.51. The molecule has 0 atom stereocenters. The van der Waals surface area contributed by atoms with E-state index in [0.717, 1.165) is 36.6 Å². The van der Waals surface area contributed by atoms with Gasteiger partial charge in [-0.25, -0.2) is 5.43 Å². The van der Waals surface area contributed by atoms with Gasteiger partial charge in [0.15, 0.2) is 0 Å². The second kappa shape index (κ2) is 9.94. The summed E-state index contributed by atoms with van der Waals surface area (Å²) in [5.41, 5.74) is 5.91. The minimum atomic E-state index is -4.41. The SMILES string of the molecule is CCN(CC)c1ccc(C(=O)N/N=C/c2cc(C)n(-c3cccc(C(F)(F)F)c3)c2C)cc1. The zero-order valence-electron chi connectivity index (χ0n) is 19.1. The fourth-order valence-corrected chi connectivity index (χ4v) is 3.77. The van der Waals surface area contributed by atoms with E-state index in [9.17, 15) is 18.0 Å². The molecule has 0 saturated heterocycles. The summed E-state index contributed by atoms with van der Waals surface area (Å²) in [5.74, 6) is -0.343. The molecule has 0 aliphatic rings. The van der Waals surface area contributed by atoms with Gasteiger partial charge >= 0.3 is 6.18 Å². The molecule has 0 fully saturated rings. The molecule has 8 heteroatoms. The second-order valence-electron chi connectivity index (χ2n) is 7.63. The highest BCUT2D eigenvalue weighted by Gasteiger charge is 2.30. The number of aryl methyl sites for hydroxylation is 1. The van der Waals surface area contributed by atoms with Crippen molar-refractivity contribution in [2.24, 2.45) is 5.10 Å². The van der Waals surface area contributed by atoms with Gasteiger partial charge in [0.25, 0.3) is 5.91 Å². The van der Waals surface area contributed by atoms with Gasteiger partial charge in [0, 0.05) is 47.0 Å². The van der Waals surface area contributed by atoms with E-state index in [-0.39, 0.29) is 5.91 Å². The Hall–Kier alpha value is -3.55. The summed E-state index contributed by atoms with van der Waals surface area (Å²) in [6, 6.07) is 14.3. The minimum absolute atomic E-state index is 0.343. The largest absolute Gasteiger partial charge is 0.416 e. The van der Waals surface area contributed by atoms with Crippen LogP contribution in [0.2, 0.25) is 0 Å². The predicted octanol–water partition coefficient (Wildman–Crippen LogP) is 5.72. The molecule has 0 aliphatic carbocycles. The number of nitrogens with one attached hydrogen (secondary N) is 1. The highest BCUT2D eigenvalue weighted by atomic mass is 19.4. The van der Waals surface area contributed by atoms with Gasteiger partial charge in [-0.2, -0.15) is 18.3 Å². The minimum Gasteiger partial charge on any atom is -0.372 e. The Kier molecular flexibility index (Phi) is 7.26. The predicted molar refractivity (Wildman–Crippen MR) is 125 cm³/mol. The standard InChI is InChI=1S/C25H27F3N4O/c1-5-31(6-2)22-12-10-19(11-13-22)24(33)30-29-16-20-14-17(3)32(18(20)4)23-9-7-8-21(15-23)25(26,27)28/h7-16H,5-6H2,1-4H3,(H,30,33)/b29-16+.